The summed E-state index contributed by atoms with van der Waals surface area (Å²) in [6.45, 7) is 10.9. The maximum Gasteiger partial charge on any atom is 0.186 e. The van der Waals surface area contributed by atoms with Crippen LogP contribution in [0, 0.1) is 6.92 Å². The van der Waals surface area contributed by atoms with Crippen LogP contribution in [0.25, 0.3) is 6.08 Å². The van der Waals surface area contributed by atoms with Gasteiger partial charge in [0.2, 0.25) is 0 Å². The molecule has 1 unspecified atom stereocenters. The normalized spacial score (nSPS) is 18.2. The Hall–Kier alpha value is -0.910. The Labute approximate surface area is 119 Å². The van der Waals surface area contributed by atoms with Crippen molar-refractivity contribution in [3.05, 3.63) is 16.6 Å². The van der Waals surface area contributed by atoms with Gasteiger partial charge in [0.25, 0.3) is 0 Å². The van der Waals surface area contributed by atoms with E-state index in [9.17, 15) is 0 Å². The van der Waals surface area contributed by atoms with Crippen LogP contribution >= 0.6 is 11.3 Å². The van der Waals surface area contributed by atoms with E-state index < -0.39 is 0 Å². The van der Waals surface area contributed by atoms with E-state index in [0.29, 0.717) is 6.04 Å². The van der Waals surface area contributed by atoms with Crippen molar-refractivity contribution < 1.29 is 4.74 Å². The highest BCUT2D eigenvalue weighted by atomic mass is 32.1. The summed E-state index contributed by atoms with van der Waals surface area (Å²) >= 11 is 1.77. The third kappa shape index (κ3) is 4.03. The van der Waals surface area contributed by atoms with E-state index in [2.05, 4.69) is 48.1 Å². The molecule has 1 fully saturated rings. The molecule has 106 valence electrons. The Morgan fingerprint density at radius 3 is 2.89 bits per heavy atom. The SMILES string of the molecule is CCNC(C)/C=C/c1sc(N2CCOCC2)nc1C. The molecule has 0 aromatic carbocycles. The molecule has 1 aliphatic heterocycles. The Balaban J connectivity index is 2.03. The van der Waals surface area contributed by atoms with Gasteiger partial charge >= 0.3 is 0 Å². The fraction of sp³-hybridized carbons (Fsp3) is 0.643. The van der Waals surface area contributed by atoms with E-state index in [0.717, 1.165) is 43.7 Å². The second-order valence-corrected chi connectivity index (χ2v) is 5.76. The minimum atomic E-state index is 0.401. The molecule has 1 aromatic rings. The van der Waals surface area contributed by atoms with Crippen molar-refractivity contribution in [3.63, 3.8) is 0 Å². The number of morpholine rings is 1. The molecule has 0 radical (unpaired) electrons. The van der Waals surface area contributed by atoms with Crippen LogP contribution in [0.4, 0.5) is 5.13 Å². The van der Waals surface area contributed by atoms with Crippen molar-refractivity contribution in [1.82, 2.24) is 10.3 Å². The highest BCUT2D eigenvalue weighted by Crippen LogP contribution is 2.27. The fourth-order valence-corrected chi connectivity index (χ4v) is 3.09. The maximum absolute atomic E-state index is 5.38. The van der Waals surface area contributed by atoms with Crippen molar-refractivity contribution in [3.8, 4) is 0 Å². The van der Waals surface area contributed by atoms with Crippen molar-refractivity contribution >= 4 is 22.5 Å². The van der Waals surface area contributed by atoms with Gasteiger partial charge in [0.1, 0.15) is 0 Å². The zero-order valence-corrected chi connectivity index (χ0v) is 12.8. The number of anilines is 1. The van der Waals surface area contributed by atoms with Crippen LogP contribution in [0.3, 0.4) is 0 Å². The van der Waals surface area contributed by atoms with E-state index in [1.807, 2.05) is 0 Å². The zero-order valence-electron chi connectivity index (χ0n) is 12.0. The molecule has 5 heteroatoms. The Morgan fingerprint density at radius 2 is 2.21 bits per heavy atom. The predicted molar refractivity (Wildman–Crippen MR) is 82.1 cm³/mol. The van der Waals surface area contributed by atoms with E-state index in [1.54, 1.807) is 11.3 Å². The number of ether oxygens (including phenoxy) is 1. The molecule has 1 aromatic heterocycles. The lowest BCUT2D eigenvalue weighted by molar-refractivity contribution is 0.122. The predicted octanol–water partition coefficient (Wildman–Crippen LogP) is 2.30. The van der Waals surface area contributed by atoms with Crippen molar-refractivity contribution in [2.45, 2.75) is 26.8 Å². The van der Waals surface area contributed by atoms with Crippen LogP contribution in [0.15, 0.2) is 6.08 Å². The second kappa shape index (κ2) is 7.03. The van der Waals surface area contributed by atoms with Gasteiger partial charge in [-0.25, -0.2) is 4.98 Å². The number of likely N-dealkylation sites (N-methyl/N-ethyl adjacent to an activating group) is 1. The Morgan fingerprint density at radius 1 is 1.47 bits per heavy atom. The summed E-state index contributed by atoms with van der Waals surface area (Å²) in [6.07, 6.45) is 4.39. The smallest absolute Gasteiger partial charge is 0.186 e. The molecule has 1 atom stereocenters. The number of aromatic nitrogens is 1. The highest BCUT2D eigenvalue weighted by Gasteiger charge is 2.15. The summed E-state index contributed by atoms with van der Waals surface area (Å²) < 4.78 is 5.38. The first kappa shape index (κ1) is 14.5. The van der Waals surface area contributed by atoms with Crippen LogP contribution in [-0.4, -0.2) is 43.9 Å². The minimum Gasteiger partial charge on any atom is -0.378 e. The first-order valence-electron chi connectivity index (χ1n) is 6.92. The van der Waals surface area contributed by atoms with E-state index in [1.165, 1.54) is 4.88 Å². The molecular formula is C14H23N3OS. The van der Waals surface area contributed by atoms with Crippen LogP contribution in [0.5, 0.6) is 0 Å². The average Bonchev–Trinajstić information content (AvgIpc) is 2.79. The summed E-state index contributed by atoms with van der Waals surface area (Å²) in [4.78, 5) is 8.24. The molecule has 19 heavy (non-hydrogen) atoms. The number of thiazole rings is 1. The molecule has 1 N–H and O–H groups in total. The lowest BCUT2D eigenvalue weighted by Crippen LogP contribution is -2.36. The Kier molecular flexibility index (Phi) is 5.36. The van der Waals surface area contributed by atoms with Crippen molar-refractivity contribution in [1.29, 1.82) is 0 Å². The van der Waals surface area contributed by atoms with Gasteiger partial charge in [-0.2, -0.15) is 0 Å². The summed E-state index contributed by atoms with van der Waals surface area (Å²) in [7, 11) is 0. The number of aryl methyl sites for hydroxylation is 1. The zero-order chi connectivity index (χ0) is 13.7. The van der Waals surface area contributed by atoms with E-state index >= 15 is 0 Å². The molecule has 2 heterocycles. The van der Waals surface area contributed by atoms with Gasteiger partial charge in [-0.1, -0.05) is 24.3 Å². The molecule has 0 spiro atoms. The quantitative estimate of drug-likeness (QED) is 0.898. The number of rotatable bonds is 5. The van der Waals surface area contributed by atoms with Crippen LogP contribution in [-0.2, 0) is 4.74 Å². The standard InChI is InChI=1S/C14H23N3OS/c1-4-15-11(2)5-6-13-12(3)16-14(19-13)17-7-9-18-10-8-17/h5-6,11,15H,4,7-10H2,1-3H3/b6-5+. The maximum atomic E-state index is 5.38. The lowest BCUT2D eigenvalue weighted by Gasteiger charge is -2.25. The summed E-state index contributed by atoms with van der Waals surface area (Å²) in [6, 6.07) is 0.401. The van der Waals surface area contributed by atoms with Gasteiger partial charge in [0, 0.05) is 19.1 Å². The van der Waals surface area contributed by atoms with Gasteiger partial charge < -0.3 is 15.0 Å². The van der Waals surface area contributed by atoms with Crippen molar-refractivity contribution in [2.24, 2.45) is 0 Å². The monoisotopic (exact) mass is 281 g/mol. The Bertz CT molecular complexity index is 424. The van der Waals surface area contributed by atoms with E-state index in [4.69, 9.17) is 4.74 Å². The molecular weight excluding hydrogens is 258 g/mol. The summed E-state index contributed by atoms with van der Waals surface area (Å²) in [5.41, 5.74) is 1.12. The first-order chi connectivity index (χ1) is 9.20. The van der Waals surface area contributed by atoms with Crippen LogP contribution in [0.2, 0.25) is 0 Å². The number of hydrogen-bond acceptors (Lipinski definition) is 5. The molecule has 0 bridgehead atoms. The number of nitrogens with one attached hydrogen (secondary N) is 1. The van der Waals surface area contributed by atoms with Gasteiger partial charge in [-0.05, 0) is 26.5 Å². The largest absolute Gasteiger partial charge is 0.378 e. The van der Waals surface area contributed by atoms with Crippen LogP contribution < -0.4 is 10.2 Å². The topological polar surface area (TPSA) is 37.4 Å². The number of hydrogen-bond donors (Lipinski definition) is 1. The first-order valence-corrected chi connectivity index (χ1v) is 7.74. The molecule has 0 amide bonds. The highest BCUT2D eigenvalue weighted by molar-refractivity contribution is 7.16. The van der Waals surface area contributed by atoms with E-state index in [-0.39, 0.29) is 0 Å². The lowest BCUT2D eigenvalue weighted by atomic mass is 10.2. The molecule has 0 aliphatic carbocycles. The minimum absolute atomic E-state index is 0.401. The summed E-state index contributed by atoms with van der Waals surface area (Å²) in [5.74, 6) is 0. The van der Waals surface area contributed by atoms with Crippen LogP contribution in [0.1, 0.15) is 24.4 Å². The van der Waals surface area contributed by atoms with Gasteiger partial charge in [-0.15, -0.1) is 0 Å². The number of nitrogens with zero attached hydrogens (tertiary/aromatic N) is 2. The average molecular weight is 281 g/mol. The summed E-state index contributed by atoms with van der Waals surface area (Å²) in [5, 5.41) is 4.50. The van der Waals surface area contributed by atoms with Gasteiger partial charge in [-0.3, -0.25) is 0 Å². The van der Waals surface area contributed by atoms with Gasteiger partial charge in [0.05, 0.1) is 23.8 Å². The molecule has 1 saturated heterocycles. The molecule has 2 rings (SSSR count). The molecule has 1 aliphatic rings. The molecule has 0 saturated carbocycles. The van der Waals surface area contributed by atoms with Gasteiger partial charge in [0.15, 0.2) is 5.13 Å². The van der Waals surface area contributed by atoms with Crippen molar-refractivity contribution in [2.75, 3.05) is 37.7 Å². The third-order valence-corrected chi connectivity index (χ3v) is 4.35. The third-order valence-electron chi connectivity index (χ3n) is 3.17. The molecule has 4 nitrogen and oxygen atoms in total. The fourth-order valence-electron chi connectivity index (χ4n) is 2.06. The second-order valence-electron chi connectivity index (χ2n) is 4.75.